The van der Waals surface area contributed by atoms with Crippen molar-refractivity contribution in [2.75, 3.05) is 11.9 Å². The second kappa shape index (κ2) is 9.31. The number of anilines is 1. The molecule has 2 aromatic rings. The average Bonchev–Trinajstić information content (AvgIpc) is 2.53. The molecule has 0 unspecified atom stereocenters. The van der Waals surface area contributed by atoms with E-state index in [-0.39, 0.29) is 11.0 Å². The zero-order chi connectivity index (χ0) is 18.4. The minimum Gasteiger partial charge on any atom is -0.492 e. The van der Waals surface area contributed by atoms with Crippen molar-refractivity contribution < 1.29 is 9.53 Å². The van der Waals surface area contributed by atoms with Gasteiger partial charge in [-0.05, 0) is 54.5 Å². The predicted octanol–water partition coefficient (Wildman–Crippen LogP) is 5.37. The molecule has 132 valence electrons. The first-order chi connectivity index (χ1) is 11.8. The van der Waals surface area contributed by atoms with Gasteiger partial charge in [0.2, 0.25) is 0 Å². The van der Waals surface area contributed by atoms with Crippen LogP contribution in [0, 0.1) is 5.92 Å². The minimum absolute atomic E-state index is 0.220. The van der Waals surface area contributed by atoms with Crippen LogP contribution >= 0.6 is 44.1 Å². The van der Waals surface area contributed by atoms with E-state index in [0.29, 0.717) is 23.8 Å². The monoisotopic (exact) mass is 484 g/mol. The number of hydrogen-bond acceptors (Lipinski definition) is 3. The molecule has 0 aromatic heterocycles. The molecule has 0 saturated carbocycles. The Labute approximate surface area is 169 Å². The lowest BCUT2D eigenvalue weighted by molar-refractivity contribution is 0.0973. The summed E-state index contributed by atoms with van der Waals surface area (Å²) in [5.41, 5.74) is 1.21. The number of nitrogens with one attached hydrogen (secondary N) is 2. The number of rotatable bonds is 5. The Morgan fingerprint density at radius 2 is 1.88 bits per heavy atom. The number of benzene rings is 2. The maximum Gasteiger partial charge on any atom is 0.261 e. The average molecular weight is 486 g/mol. The van der Waals surface area contributed by atoms with E-state index >= 15 is 0 Å². The lowest BCUT2D eigenvalue weighted by atomic mass is 10.2. The second-order valence-electron chi connectivity index (χ2n) is 5.76. The topological polar surface area (TPSA) is 50.4 Å². The van der Waals surface area contributed by atoms with Crippen molar-refractivity contribution in [3.05, 3.63) is 57.0 Å². The summed E-state index contributed by atoms with van der Waals surface area (Å²) < 4.78 is 7.45. The van der Waals surface area contributed by atoms with E-state index in [1.165, 1.54) is 0 Å². The van der Waals surface area contributed by atoms with E-state index in [2.05, 4.69) is 56.3 Å². The summed E-state index contributed by atoms with van der Waals surface area (Å²) in [6.45, 7) is 4.63. The third kappa shape index (κ3) is 6.41. The summed E-state index contributed by atoms with van der Waals surface area (Å²) in [5.74, 6) is 0.561. The van der Waals surface area contributed by atoms with Crippen LogP contribution in [-0.2, 0) is 0 Å². The molecule has 4 nitrogen and oxygen atoms in total. The second-order valence-corrected chi connectivity index (χ2v) is 8.00. The Bertz CT molecular complexity index is 781. The zero-order valence-electron chi connectivity index (χ0n) is 13.8. The lowest BCUT2D eigenvalue weighted by Gasteiger charge is -2.14. The van der Waals surface area contributed by atoms with Crippen molar-refractivity contribution in [1.29, 1.82) is 0 Å². The van der Waals surface area contributed by atoms with Crippen molar-refractivity contribution in [1.82, 2.24) is 5.32 Å². The largest absolute Gasteiger partial charge is 0.492 e. The van der Waals surface area contributed by atoms with Crippen LogP contribution in [0.5, 0.6) is 5.75 Å². The van der Waals surface area contributed by atoms with E-state index in [4.69, 9.17) is 17.0 Å². The molecule has 0 aliphatic heterocycles. The van der Waals surface area contributed by atoms with Crippen LogP contribution in [0.1, 0.15) is 24.2 Å². The Morgan fingerprint density at radius 1 is 1.16 bits per heavy atom. The fourth-order valence-electron chi connectivity index (χ4n) is 1.96. The van der Waals surface area contributed by atoms with Crippen molar-refractivity contribution in [2.45, 2.75) is 13.8 Å². The molecule has 0 atom stereocenters. The van der Waals surface area contributed by atoms with E-state index < -0.39 is 0 Å². The van der Waals surface area contributed by atoms with Crippen LogP contribution in [-0.4, -0.2) is 17.6 Å². The Hall–Kier alpha value is -1.44. The van der Waals surface area contributed by atoms with Crippen LogP contribution in [0.15, 0.2) is 51.4 Å². The van der Waals surface area contributed by atoms with Crippen LogP contribution in [0.2, 0.25) is 0 Å². The molecular weight excluding hydrogens is 468 g/mol. The molecule has 2 rings (SSSR count). The van der Waals surface area contributed by atoms with Gasteiger partial charge in [0.15, 0.2) is 5.11 Å². The van der Waals surface area contributed by atoms with Crippen molar-refractivity contribution >= 4 is 60.8 Å². The zero-order valence-corrected chi connectivity index (χ0v) is 17.8. The highest BCUT2D eigenvalue weighted by Gasteiger charge is 2.15. The van der Waals surface area contributed by atoms with E-state index in [1.807, 2.05) is 30.3 Å². The lowest BCUT2D eigenvalue weighted by Crippen LogP contribution is -2.34. The van der Waals surface area contributed by atoms with E-state index in [0.717, 1.165) is 14.6 Å². The highest BCUT2D eigenvalue weighted by Crippen LogP contribution is 2.24. The minimum atomic E-state index is -0.326. The van der Waals surface area contributed by atoms with Gasteiger partial charge in [0, 0.05) is 14.6 Å². The van der Waals surface area contributed by atoms with Gasteiger partial charge in [-0.3, -0.25) is 10.1 Å². The first-order valence-corrected chi connectivity index (χ1v) is 9.65. The normalized spacial score (nSPS) is 10.4. The van der Waals surface area contributed by atoms with Gasteiger partial charge in [0.05, 0.1) is 12.2 Å². The molecule has 0 aliphatic carbocycles. The van der Waals surface area contributed by atoms with Crippen molar-refractivity contribution in [2.24, 2.45) is 5.92 Å². The van der Waals surface area contributed by atoms with E-state index in [9.17, 15) is 4.79 Å². The molecule has 0 bridgehead atoms. The highest BCUT2D eigenvalue weighted by molar-refractivity contribution is 9.10. The van der Waals surface area contributed by atoms with Crippen molar-refractivity contribution in [3.63, 3.8) is 0 Å². The predicted molar refractivity (Wildman–Crippen MR) is 112 cm³/mol. The maximum absolute atomic E-state index is 12.6. The summed E-state index contributed by atoms with van der Waals surface area (Å²) in [5, 5.41) is 5.89. The van der Waals surface area contributed by atoms with Crippen LogP contribution in [0.3, 0.4) is 0 Å². The Kier molecular flexibility index (Phi) is 7.40. The number of ether oxygens (including phenoxy) is 1. The highest BCUT2D eigenvalue weighted by atomic mass is 79.9. The molecule has 0 aliphatic rings. The van der Waals surface area contributed by atoms with Gasteiger partial charge in [0.1, 0.15) is 5.75 Å². The molecule has 0 radical (unpaired) electrons. The first-order valence-electron chi connectivity index (χ1n) is 7.65. The van der Waals surface area contributed by atoms with Crippen LogP contribution in [0.4, 0.5) is 5.69 Å². The third-order valence-corrected chi connectivity index (χ3v) is 4.26. The number of carbonyl (C=O) groups excluding carboxylic acids is 1. The molecule has 1 amide bonds. The fourth-order valence-corrected chi connectivity index (χ4v) is 2.93. The number of amides is 1. The standard InChI is InChI=1S/C18H18Br2N2O2S/c1-11(2)10-24-16-7-6-13(20)9-15(16)17(23)22-18(25)21-14-5-3-4-12(19)8-14/h3-9,11H,10H2,1-2H3,(H2,21,22,23,25). The Balaban J connectivity index is 2.08. The number of hydrogen-bond donors (Lipinski definition) is 2. The van der Waals surface area contributed by atoms with E-state index in [1.54, 1.807) is 12.1 Å². The van der Waals surface area contributed by atoms with Gasteiger partial charge in [-0.1, -0.05) is 51.8 Å². The molecule has 0 fully saturated rings. The smallest absolute Gasteiger partial charge is 0.261 e. The van der Waals surface area contributed by atoms with Gasteiger partial charge in [-0.15, -0.1) is 0 Å². The summed E-state index contributed by atoms with van der Waals surface area (Å²) >= 11 is 12.0. The first kappa shape index (κ1) is 19.9. The molecular formula is C18H18Br2N2O2S. The quantitative estimate of drug-likeness (QED) is 0.558. The summed E-state index contributed by atoms with van der Waals surface area (Å²) in [6.07, 6.45) is 0. The van der Waals surface area contributed by atoms with Gasteiger partial charge in [0.25, 0.3) is 5.91 Å². The molecule has 7 heteroatoms. The number of carbonyl (C=O) groups is 1. The molecule has 2 aromatic carbocycles. The number of halogens is 2. The summed E-state index contributed by atoms with van der Waals surface area (Å²) in [7, 11) is 0. The van der Waals surface area contributed by atoms with Crippen LogP contribution in [0.25, 0.3) is 0 Å². The maximum atomic E-state index is 12.6. The van der Waals surface area contributed by atoms with Gasteiger partial charge in [-0.25, -0.2) is 0 Å². The Morgan fingerprint density at radius 3 is 2.56 bits per heavy atom. The van der Waals surface area contributed by atoms with Crippen molar-refractivity contribution in [3.8, 4) is 5.75 Å². The molecule has 0 saturated heterocycles. The third-order valence-electron chi connectivity index (χ3n) is 3.07. The van der Waals surface area contributed by atoms with Gasteiger partial charge in [-0.2, -0.15) is 0 Å². The van der Waals surface area contributed by atoms with Crippen LogP contribution < -0.4 is 15.4 Å². The van der Waals surface area contributed by atoms with Gasteiger partial charge < -0.3 is 10.1 Å². The molecule has 2 N–H and O–H groups in total. The summed E-state index contributed by atoms with van der Waals surface area (Å²) in [6, 6.07) is 12.8. The molecule has 0 spiro atoms. The molecule has 0 heterocycles. The molecule has 25 heavy (non-hydrogen) atoms. The number of thiocarbonyl (C=S) groups is 1. The fraction of sp³-hybridized carbons (Fsp3) is 0.222. The summed E-state index contributed by atoms with van der Waals surface area (Å²) in [4.78, 5) is 12.6. The SMILES string of the molecule is CC(C)COc1ccc(Br)cc1C(=O)NC(=S)Nc1cccc(Br)c1. The van der Waals surface area contributed by atoms with Gasteiger partial charge >= 0.3 is 0 Å².